The highest BCUT2D eigenvalue weighted by molar-refractivity contribution is 5.73. The second-order valence-electron chi connectivity index (χ2n) is 5.81. The molecule has 0 spiro atoms. The molecule has 1 aliphatic rings. The van der Waals surface area contributed by atoms with Crippen LogP contribution in [0.5, 0.6) is 5.75 Å². The maximum atomic E-state index is 11.5. The van der Waals surface area contributed by atoms with Gasteiger partial charge in [-0.05, 0) is 44.4 Å². The summed E-state index contributed by atoms with van der Waals surface area (Å²) in [6.07, 6.45) is 4.79. The third kappa shape index (κ3) is 3.97. The summed E-state index contributed by atoms with van der Waals surface area (Å²) < 4.78 is 5.40. The molecule has 0 radical (unpaired) electrons. The maximum absolute atomic E-state index is 11.5. The summed E-state index contributed by atoms with van der Waals surface area (Å²) in [7, 11) is 1.68. The number of benzene rings is 1. The van der Waals surface area contributed by atoms with Crippen LogP contribution in [0.25, 0.3) is 0 Å². The van der Waals surface area contributed by atoms with E-state index >= 15 is 0 Å². The zero-order valence-corrected chi connectivity index (χ0v) is 12.9. The SMILES string of the molecule is COc1ccccc1CC(C)N1CCCCCC1C(=O)O. The van der Waals surface area contributed by atoms with E-state index in [-0.39, 0.29) is 12.1 Å². The third-order valence-corrected chi connectivity index (χ3v) is 4.35. The number of hydrogen-bond donors (Lipinski definition) is 1. The lowest BCUT2D eigenvalue weighted by atomic mass is 10.0. The molecular weight excluding hydrogens is 266 g/mol. The zero-order chi connectivity index (χ0) is 15.2. The highest BCUT2D eigenvalue weighted by atomic mass is 16.5. The van der Waals surface area contributed by atoms with Crippen LogP contribution in [-0.4, -0.2) is 41.7 Å². The van der Waals surface area contributed by atoms with Crippen LogP contribution in [0.1, 0.15) is 38.2 Å². The Bertz CT molecular complexity index is 475. The van der Waals surface area contributed by atoms with E-state index in [9.17, 15) is 9.90 Å². The summed E-state index contributed by atoms with van der Waals surface area (Å²) in [6, 6.07) is 7.82. The number of aliphatic carboxylic acids is 1. The average molecular weight is 291 g/mol. The second kappa shape index (κ2) is 7.46. The van der Waals surface area contributed by atoms with Gasteiger partial charge in [-0.15, -0.1) is 0 Å². The van der Waals surface area contributed by atoms with Crippen LogP contribution in [0.2, 0.25) is 0 Å². The molecule has 1 heterocycles. The molecule has 0 amide bonds. The topological polar surface area (TPSA) is 49.8 Å². The van der Waals surface area contributed by atoms with Crippen molar-refractivity contribution < 1.29 is 14.6 Å². The Kier molecular flexibility index (Phi) is 5.62. The lowest BCUT2D eigenvalue weighted by Crippen LogP contribution is -2.46. The van der Waals surface area contributed by atoms with Crippen LogP contribution in [0.4, 0.5) is 0 Å². The number of methoxy groups -OCH3 is 1. The van der Waals surface area contributed by atoms with Crippen LogP contribution in [-0.2, 0) is 11.2 Å². The Balaban J connectivity index is 2.12. The van der Waals surface area contributed by atoms with Crippen molar-refractivity contribution in [2.24, 2.45) is 0 Å². The molecule has 1 aliphatic heterocycles. The molecule has 0 aliphatic carbocycles. The van der Waals surface area contributed by atoms with E-state index < -0.39 is 5.97 Å². The summed E-state index contributed by atoms with van der Waals surface area (Å²) in [5.74, 6) is 0.190. The highest BCUT2D eigenvalue weighted by Crippen LogP contribution is 2.24. The first-order valence-corrected chi connectivity index (χ1v) is 7.74. The summed E-state index contributed by atoms with van der Waals surface area (Å²) in [5.41, 5.74) is 1.14. The van der Waals surface area contributed by atoms with Gasteiger partial charge in [0.05, 0.1) is 7.11 Å². The number of carboxylic acid groups (broad SMARTS) is 1. The van der Waals surface area contributed by atoms with E-state index in [1.807, 2.05) is 18.2 Å². The van der Waals surface area contributed by atoms with E-state index in [1.54, 1.807) is 7.11 Å². The molecule has 0 aromatic heterocycles. The Morgan fingerprint density at radius 3 is 2.86 bits per heavy atom. The van der Waals surface area contributed by atoms with Crippen molar-refractivity contribution in [1.82, 2.24) is 4.90 Å². The minimum absolute atomic E-state index is 0.195. The molecule has 1 fully saturated rings. The van der Waals surface area contributed by atoms with Gasteiger partial charge in [0.2, 0.25) is 0 Å². The number of carboxylic acids is 1. The smallest absolute Gasteiger partial charge is 0.320 e. The fourth-order valence-electron chi connectivity index (χ4n) is 3.23. The van der Waals surface area contributed by atoms with Crippen LogP contribution in [0.15, 0.2) is 24.3 Å². The van der Waals surface area contributed by atoms with E-state index in [0.717, 1.165) is 50.0 Å². The predicted octanol–water partition coefficient (Wildman–Crippen LogP) is 2.96. The first-order chi connectivity index (χ1) is 10.1. The summed E-state index contributed by atoms with van der Waals surface area (Å²) in [4.78, 5) is 13.7. The van der Waals surface area contributed by atoms with Gasteiger partial charge in [0, 0.05) is 6.04 Å². The van der Waals surface area contributed by atoms with Gasteiger partial charge in [-0.2, -0.15) is 0 Å². The van der Waals surface area contributed by atoms with Crippen molar-refractivity contribution in [1.29, 1.82) is 0 Å². The first kappa shape index (κ1) is 15.8. The predicted molar refractivity (Wildman–Crippen MR) is 82.8 cm³/mol. The summed E-state index contributed by atoms with van der Waals surface area (Å²) in [5, 5.41) is 9.48. The molecule has 2 atom stereocenters. The van der Waals surface area contributed by atoms with Crippen LogP contribution < -0.4 is 4.74 Å². The number of carbonyl (C=O) groups is 1. The van der Waals surface area contributed by atoms with Crippen molar-refractivity contribution in [3.63, 3.8) is 0 Å². The standard InChI is InChI=1S/C17H25NO3/c1-13(12-14-8-5-6-10-16(14)21-2)18-11-7-3-4-9-15(18)17(19)20/h5-6,8,10,13,15H,3-4,7,9,11-12H2,1-2H3,(H,19,20). The molecule has 1 saturated heterocycles. The van der Waals surface area contributed by atoms with Crippen LogP contribution in [0, 0.1) is 0 Å². The summed E-state index contributed by atoms with van der Waals surface area (Å²) >= 11 is 0. The van der Waals surface area contributed by atoms with Crippen molar-refractivity contribution >= 4 is 5.97 Å². The fraction of sp³-hybridized carbons (Fsp3) is 0.588. The average Bonchev–Trinajstić information content (AvgIpc) is 2.73. The highest BCUT2D eigenvalue weighted by Gasteiger charge is 2.30. The Hall–Kier alpha value is -1.55. The van der Waals surface area contributed by atoms with Gasteiger partial charge in [0.25, 0.3) is 0 Å². The van der Waals surface area contributed by atoms with Gasteiger partial charge in [-0.3, -0.25) is 9.69 Å². The van der Waals surface area contributed by atoms with Crippen molar-refractivity contribution in [2.45, 2.75) is 51.1 Å². The Morgan fingerprint density at radius 2 is 2.14 bits per heavy atom. The number of likely N-dealkylation sites (tertiary alicyclic amines) is 1. The molecule has 2 rings (SSSR count). The molecular formula is C17H25NO3. The molecule has 2 unspecified atom stereocenters. The Labute approximate surface area is 126 Å². The lowest BCUT2D eigenvalue weighted by molar-refractivity contribution is -0.144. The second-order valence-corrected chi connectivity index (χ2v) is 5.81. The van der Waals surface area contributed by atoms with Crippen molar-refractivity contribution in [3.05, 3.63) is 29.8 Å². The van der Waals surface area contributed by atoms with Crippen LogP contribution in [0.3, 0.4) is 0 Å². The van der Waals surface area contributed by atoms with E-state index in [4.69, 9.17) is 4.74 Å². The van der Waals surface area contributed by atoms with Gasteiger partial charge in [-0.1, -0.05) is 31.0 Å². The molecule has 4 nitrogen and oxygen atoms in total. The van der Waals surface area contributed by atoms with Gasteiger partial charge < -0.3 is 9.84 Å². The van der Waals surface area contributed by atoms with Crippen molar-refractivity contribution in [3.8, 4) is 5.75 Å². The normalized spacial score (nSPS) is 21.5. The quantitative estimate of drug-likeness (QED) is 0.906. The number of rotatable bonds is 5. The summed E-state index contributed by atoms with van der Waals surface area (Å²) in [6.45, 7) is 2.99. The minimum atomic E-state index is -0.691. The number of hydrogen-bond acceptors (Lipinski definition) is 3. The van der Waals surface area contributed by atoms with Gasteiger partial charge in [-0.25, -0.2) is 0 Å². The van der Waals surface area contributed by atoms with Crippen molar-refractivity contribution in [2.75, 3.05) is 13.7 Å². The van der Waals surface area contributed by atoms with Crippen LogP contribution >= 0.6 is 0 Å². The molecule has 0 saturated carbocycles. The third-order valence-electron chi connectivity index (χ3n) is 4.35. The van der Waals surface area contributed by atoms with Gasteiger partial charge >= 0.3 is 5.97 Å². The lowest BCUT2D eigenvalue weighted by Gasteiger charge is -2.33. The molecule has 1 N–H and O–H groups in total. The monoisotopic (exact) mass is 291 g/mol. The molecule has 21 heavy (non-hydrogen) atoms. The van der Waals surface area contributed by atoms with Gasteiger partial charge in [0.15, 0.2) is 0 Å². The minimum Gasteiger partial charge on any atom is -0.496 e. The number of ether oxygens (including phenoxy) is 1. The first-order valence-electron chi connectivity index (χ1n) is 7.74. The Morgan fingerprint density at radius 1 is 1.38 bits per heavy atom. The molecule has 4 heteroatoms. The molecule has 116 valence electrons. The number of para-hydroxylation sites is 1. The zero-order valence-electron chi connectivity index (χ0n) is 12.9. The fourth-order valence-corrected chi connectivity index (χ4v) is 3.23. The van der Waals surface area contributed by atoms with E-state index in [2.05, 4.69) is 17.9 Å². The van der Waals surface area contributed by atoms with E-state index in [0.29, 0.717) is 0 Å². The molecule has 0 bridgehead atoms. The maximum Gasteiger partial charge on any atom is 0.320 e. The largest absolute Gasteiger partial charge is 0.496 e. The molecule has 1 aromatic carbocycles. The molecule has 1 aromatic rings. The van der Waals surface area contributed by atoms with E-state index in [1.165, 1.54) is 0 Å². The number of nitrogens with zero attached hydrogens (tertiary/aromatic N) is 1. The van der Waals surface area contributed by atoms with Gasteiger partial charge in [0.1, 0.15) is 11.8 Å².